The van der Waals surface area contributed by atoms with E-state index in [0.717, 1.165) is 42.9 Å². The van der Waals surface area contributed by atoms with Crippen LogP contribution in [0.25, 0.3) is 10.9 Å². The summed E-state index contributed by atoms with van der Waals surface area (Å²) in [5, 5.41) is 1.35. The van der Waals surface area contributed by atoms with Gasteiger partial charge in [-0.1, -0.05) is 41.9 Å². The molecule has 4 nitrogen and oxygen atoms in total. The molecule has 6 heteroatoms. The number of H-pyrrole nitrogens is 1. The summed E-state index contributed by atoms with van der Waals surface area (Å²) in [7, 11) is 0. The minimum Gasteiger partial charge on any atom is -0.456 e. The fourth-order valence-electron chi connectivity index (χ4n) is 4.54. The van der Waals surface area contributed by atoms with Crippen LogP contribution in [0.3, 0.4) is 0 Å². The molecule has 0 saturated carbocycles. The Morgan fingerprint density at radius 3 is 2.75 bits per heavy atom. The van der Waals surface area contributed by atoms with Crippen LogP contribution in [0.1, 0.15) is 45.1 Å². The molecular formula is C26H25ClN2O2S. The Hall–Kier alpha value is -2.60. The first-order chi connectivity index (χ1) is 15.7. The van der Waals surface area contributed by atoms with Gasteiger partial charge in [0.15, 0.2) is 0 Å². The highest BCUT2D eigenvalue weighted by Gasteiger charge is 2.23. The Labute approximate surface area is 196 Å². The molecule has 1 saturated heterocycles. The van der Waals surface area contributed by atoms with Gasteiger partial charge >= 0.3 is 5.97 Å². The van der Waals surface area contributed by atoms with E-state index in [1.54, 1.807) is 0 Å². The van der Waals surface area contributed by atoms with Crippen LogP contribution >= 0.6 is 22.9 Å². The first kappa shape index (κ1) is 21.3. The molecule has 32 heavy (non-hydrogen) atoms. The maximum absolute atomic E-state index is 12.5. The Morgan fingerprint density at radius 1 is 1.09 bits per heavy atom. The van der Waals surface area contributed by atoms with Gasteiger partial charge in [-0.25, -0.2) is 4.79 Å². The number of piperidine rings is 1. The Balaban J connectivity index is 1.17. The highest BCUT2D eigenvalue weighted by atomic mass is 35.5. The van der Waals surface area contributed by atoms with Crippen LogP contribution in [0, 0.1) is 0 Å². The predicted octanol–water partition coefficient (Wildman–Crippen LogP) is 6.62. The summed E-state index contributed by atoms with van der Waals surface area (Å²) in [5.41, 5.74) is 4.40. The fraction of sp³-hybridized carbons (Fsp3) is 0.269. The number of hydrogen-bond acceptors (Lipinski definition) is 4. The SMILES string of the molecule is O=C(OCc1ccc(Cl)s1)c1cccc(CN2CCC(c3c[nH]c4ccccc34)CC2)c1. The average Bonchev–Trinajstić information content (AvgIpc) is 3.44. The van der Waals surface area contributed by atoms with E-state index in [4.69, 9.17) is 16.3 Å². The number of aromatic amines is 1. The number of nitrogens with one attached hydrogen (secondary N) is 1. The topological polar surface area (TPSA) is 45.3 Å². The second kappa shape index (κ2) is 9.49. The third-order valence-electron chi connectivity index (χ3n) is 6.19. The van der Waals surface area contributed by atoms with Gasteiger partial charge in [-0.2, -0.15) is 0 Å². The van der Waals surface area contributed by atoms with Gasteiger partial charge in [-0.3, -0.25) is 4.90 Å². The van der Waals surface area contributed by atoms with E-state index in [2.05, 4.69) is 46.4 Å². The highest BCUT2D eigenvalue weighted by Crippen LogP contribution is 2.33. The van der Waals surface area contributed by atoms with Crippen LogP contribution in [0.2, 0.25) is 4.34 Å². The van der Waals surface area contributed by atoms with Crippen molar-refractivity contribution in [3.63, 3.8) is 0 Å². The molecule has 4 aromatic rings. The zero-order valence-corrected chi connectivity index (χ0v) is 19.3. The van der Waals surface area contributed by atoms with Crippen LogP contribution in [-0.2, 0) is 17.9 Å². The number of nitrogens with zero attached hydrogens (tertiary/aromatic N) is 1. The molecule has 0 aliphatic carbocycles. The smallest absolute Gasteiger partial charge is 0.338 e. The zero-order chi connectivity index (χ0) is 21.9. The number of hydrogen-bond donors (Lipinski definition) is 1. The molecule has 0 spiro atoms. The lowest BCUT2D eigenvalue weighted by Gasteiger charge is -2.32. The number of para-hydroxylation sites is 1. The molecule has 1 aliphatic rings. The second-order valence-electron chi connectivity index (χ2n) is 8.32. The quantitative estimate of drug-likeness (QED) is 0.326. The van der Waals surface area contributed by atoms with Gasteiger partial charge in [0.2, 0.25) is 0 Å². The van der Waals surface area contributed by atoms with Crippen molar-refractivity contribution in [3.8, 4) is 0 Å². The van der Waals surface area contributed by atoms with Crippen LogP contribution in [0.15, 0.2) is 66.9 Å². The normalized spacial score (nSPS) is 15.3. The Morgan fingerprint density at radius 2 is 1.94 bits per heavy atom. The van der Waals surface area contributed by atoms with Crippen LogP contribution in [0.4, 0.5) is 0 Å². The number of carbonyl (C=O) groups is 1. The first-order valence-corrected chi connectivity index (χ1v) is 12.1. The molecule has 0 radical (unpaired) electrons. The number of fused-ring (bicyclic) bond motifs is 1. The van der Waals surface area contributed by atoms with E-state index in [0.29, 0.717) is 15.8 Å². The minimum absolute atomic E-state index is 0.252. The molecule has 0 amide bonds. The van der Waals surface area contributed by atoms with E-state index in [-0.39, 0.29) is 12.6 Å². The van der Waals surface area contributed by atoms with E-state index in [1.807, 2.05) is 30.3 Å². The van der Waals surface area contributed by atoms with Crippen molar-refractivity contribution in [2.75, 3.05) is 13.1 Å². The number of halogens is 1. The van der Waals surface area contributed by atoms with E-state index < -0.39 is 0 Å². The van der Waals surface area contributed by atoms with Crippen molar-refractivity contribution < 1.29 is 9.53 Å². The van der Waals surface area contributed by atoms with Crippen molar-refractivity contribution in [2.24, 2.45) is 0 Å². The number of rotatable bonds is 6. The molecule has 1 N–H and O–H groups in total. The van der Waals surface area contributed by atoms with Crippen molar-refractivity contribution in [3.05, 3.63) is 92.8 Å². The van der Waals surface area contributed by atoms with E-state index >= 15 is 0 Å². The second-order valence-corrected chi connectivity index (χ2v) is 10.1. The number of esters is 1. The average molecular weight is 465 g/mol. The van der Waals surface area contributed by atoms with Gasteiger partial charge in [0.1, 0.15) is 6.61 Å². The summed E-state index contributed by atoms with van der Waals surface area (Å²) in [6.45, 7) is 3.21. The molecule has 0 bridgehead atoms. The molecule has 0 atom stereocenters. The number of carbonyl (C=O) groups excluding carboxylic acids is 1. The minimum atomic E-state index is -0.297. The molecule has 164 valence electrons. The molecular weight excluding hydrogens is 440 g/mol. The molecule has 1 fully saturated rings. The lowest BCUT2D eigenvalue weighted by Crippen LogP contribution is -2.32. The Kier molecular flexibility index (Phi) is 6.30. The number of aromatic nitrogens is 1. The fourth-order valence-corrected chi connectivity index (χ4v) is 5.54. The van der Waals surface area contributed by atoms with Crippen molar-refractivity contribution >= 4 is 39.8 Å². The van der Waals surface area contributed by atoms with Gasteiger partial charge in [0, 0.05) is 28.5 Å². The molecule has 2 aromatic heterocycles. The standard InChI is InChI=1S/C26H25ClN2O2S/c27-25-9-8-21(32-25)17-31-26(30)20-5-3-4-18(14-20)16-29-12-10-19(11-13-29)23-15-28-24-7-2-1-6-22(23)24/h1-9,14-15,19,28H,10-13,16-17H2. The van der Waals surface area contributed by atoms with Crippen LogP contribution < -0.4 is 0 Å². The van der Waals surface area contributed by atoms with Gasteiger partial charge in [-0.15, -0.1) is 11.3 Å². The molecule has 2 aromatic carbocycles. The number of benzene rings is 2. The predicted molar refractivity (Wildman–Crippen MR) is 130 cm³/mol. The molecule has 5 rings (SSSR count). The van der Waals surface area contributed by atoms with Gasteiger partial charge in [0.05, 0.1) is 9.90 Å². The lowest BCUT2D eigenvalue weighted by atomic mass is 9.89. The maximum Gasteiger partial charge on any atom is 0.338 e. The largest absolute Gasteiger partial charge is 0.456 e. The molecule has 1 aliphatic heterocycles. The molecule has 0 unspecified atom stereocenters. The van der Waals surface area contributed by atoms with Crippen LogP contribution in [0.5, 0.6) is 0 Å². The number of likely N-dealkylation sites (tertiary alicyclic amines) is 1. The van der Waals surface area contributed by atoms with E-state index in [1.165, 1.54) is 27.8 Å². The van der Waals surface area contributed by atoms with Gasteiger partial charge in [-0.05, 0) is 73.3 Å². The van der Waals surface area contributed by atoms with E-state index in [9.17, 15) is 4.79 Å². The first-order valence-electron chi connectivity index (χ1n) is 10.9. The number of ether oxygens (including phenoxy) is 1. The summed E-state index contributed by atoms with van der Waals surface area (Å²) in [6, 6.07) is 20.0. The summed E-state index contributed by atoms with van der Waals surface area (Å²) in [6.07, 6.45) is 4.48. The van der Waals surface area contributed by atoms with Gasteiger partial charge in [0.25, 0.3) is 0 Å². The summed E-state index contributed by atoms with van der Waals surface area (Å²) in [5.74, 6) is 0.295. The Bertz CT molecular complexity index is 1220. The summed E-state index contributed by atoms with van der Waals surface area (Å²) >= 11 is 7.37. The van der Waals surface area contributed by atoms with Crippen molar-refractivity contribution in [1.29, 1.82) is 0 Å². The maximum atomic E-state index is 12.5. The summed E-state index contributed by atoms with van der Waals surface area (Å²) in [4.78, 5) is 19.3. The van der Waals surface area contributed by atoms with Crippen molar-refractivity contribution in [2.45, 2.75) is 31.9 Å². The highest BCUT2D eigenvalue weighted by molar-refractivity contribution is 7.16. The third-order valence-corrected chi connectivity index (χ3v) is 7.40. The van der Waals surface area contributed by atoms with Crippen molar-refractivity contribution in [1.82, 2.24) is 9.88 Å². The van der Waals surface area contributed by atoms with Gasteiger partial charge < -0.3 is 9.72 Å². The number of thiophene rings is 1. The monoisotopic (exact) mass is 464 g/mol. The zero-order valence-electron chi connectivity index (χ0n) is 17.7. The van der Waals surface area contributed by atoms with Crippen LogP contribution in [-0.4, -0.2) is 28.9 Å². The molecule has 3 heterocycles. The lowest BCUT2D eigenvalue weighted by molar-refractivity contribution is 0.0476. The summed E-state index contributed by atoms with van der Waals surface area (Å²) < 4.78 is 6.16. The third kappa shape index (κ3) is 4.75.